The summed E-state index contributed by atoms with van der Waals surface area (Å²) in [6, 6.07) is 12.7. The van der Waals surface area contributed by atoms with Gasteiger partial charge in [0.2, 0.25) is 0 Å². The first-order chi connectivity index (χ1) is 8.68. The van der Waals surface area contributed by atoms with E-state index in [1.54, 1.807) is 0 Å². The van der Waals surface area contributed by atoms with E-state index in [1.165, 1.54) is 27.8 Å². The average molecular weight is 238 g/mol. The van der Waals surface area contributed by atoms with Gasteiger partial charge in [0.15, 0.2) is 0 Å². The van der Waals surface area contributed by atoms with E-state index in [-0.39, 0.29) is 6.10 Å². The number of aryl methyl sites for hydroxylation is 2. The van der Waals surface area contributed by atoms with Crippen LogP contribution in [0.1, 0.15) is 34.8 Å². The molecule has 0 bridgehead atoms. The smallest absolute Gasteiger partial charge is 0.0796 e. The van der Waals surface area contributed by atoms with Gasteiger partial charge in [0.25, 0.3) is 0 Å². The molecule has 1 N–H and O–H groups in total. The molecule has 0 fully saturated rings. The fourth-order valence-electron chi connectivity index (χ4n) is 3.11. The van der Waals surface area contributed by atoms with Gasteiger partial charge in [-0.1, -0.05) is 36.4 Å². The Morgan fingerprint density at radius 3 is 2.39 bits per heavy atom. The lowest BCUT2D eigenvalue weighted by atomic mass is 9.91. The summed E-state index contributed by atoms with van der Waals surface area (Å²) in [6.45, 7) is 4.32. The van der Waals surface area contributed by atoms with Crippen molar-refractivity contribution in [2.24, 2.45) is 0 Å². The highest BCUT2D eigenvalue weighted by molar-refractivity contribution is 5.75. The van der Waals surface area contributed by atoms with Gasteiger partial charge in [-0.05, 0) is 60.1 Å². The van der Waals surface area contributed by atoms with Crippen molar-refractivity contribution >= 4 is 0 Å². The first kappa shape index (κ1) is 11.5. The zero-order chi connectivity index (χ0) is 12.7. The van der Waals surface area contributed by atoms with Crippen LogP contribution in [0.5, 0.6) is 0 Å². The third-order valence-corrected chi connectivity index (χ3v) is 3.99. The van der Waals surface area contributed by atoms with Crippen LogP contribution >= 0.6 is 0 Å². The molecular formula is C17H18O. The minimum Gasteiger partial charge on any atom is -0.388 e. The zero-order valence-corrected chi connectivity index (χ0v) is 10.9. The fraction of sp³-hybridized carbons (Fsp3) is 0.294. The molecule has 0 amide bonds. The highest BCUT2D eigenvalue weighted by Gasteiger charge is 2.23. The first-order valence-corrected chi connectivity index (χ1v) is 6.55. The molecule has 0 heterocycles. The van der Waals surface area contributed by atoms with Gasteiger partial charge in [0.1, 0.15) is 0 Å². The minimum absolute atomic E-state index is 0.274. The Morgan fingerprint density at radius 1 is 1.00 bits per heavy atom. The van der Waals surface area contributed by atoms with E-state index in [4.69, 9.17) is 0 Å². The zero-order valence-electron chi connectivity index (χ0n) is 10.9. The summed E-state index contributed by atoms with van der Waals surface area (Å²) in [6.07, 6.45) is 1.57. The van der Waals surface area contributed by atoms with Gasteiger partial charge in [-0.15, -0.1) is 0 Å². The van der Waals surface area contributed by atoms with Crippen LogP contribution in [0.2, 0.25) is 0 Å². The predicted molar refractivity (Wildman–Crippen MR) is 74.6 cm³/mol. The summed E-state index contributed by atoms with van der Waals surface area (Å²) in [5.74, 6) is 0. The largest absolute Gasteiger partial charge is 0.388 e. The molecule has 0 saturated carbocycles. The second-order valence-corrected chi connectivity index (χ2v) is 5.19. The summed E-state index contributed by atoms with van der Waals surface area (Å²) in [4.78, 5) is 0. The van der Waals surface area contributed by atoms with Crippen LogP contribution in [0.4, 0.5) is 0 Å². The summed E-state index contributed by atoms with van der Waals surface area (Å²) in [5, 5.41) is 9.99. The molecule has 0 aromatic heterocycles. The van der Waals surface area contributed by atoms with Gasteiger partial charge in [-0.2, -0.15) is 0 Å². The lowest BCUT2D eigenvalue weighted by Gasteiger charge is -2.14. The maximum atomic E-state index is 9.99. The molecule has 18 heavy (non-hydrogen) atoms. The van der Waals surface area contributed by atoms with Crippen LogP contribution in [0, 0.1) is 13.8 Å². The Bertz CT molecular complexity index is 578. The minimum atomic E-state index is -0.274. The van der Waals surface area contributed by atoms with Crippen LogP contribution in [0.3, 0.4) is 0 Å². The fourth-order valence-corrected chi connectivity index (χ4v) is 3.11. The summed E-state index contributed by atoms with van der Waals surface area (Å²) >= 11 is 0. The number of hydrogen-bond acceptors (Lipinski definition) is 1. The van der Waals surface area contributed by atoms with E-state index in [0.717, 1.165) is 18.4 Å². The summed E-state index contributed by atoms with van der Waals surface area (Å²) < 4.78 is 0. The number of aliphatic hydroxyl groups is 1. The van der Waals surface area contributed by atoms with Gasteiger partial charge in [0.05, 0.1) is 6.10 Å². The molecule has 1 aliphatic carbocycles. The Labute approximate surface area is 108 Å². The third kappa shape index (κ3) is 1.67. The van der Waals surface area contributed by atoms with E-state index >= 15 is 0 Å². The van der Waals surface area contributed by atoms with E-state index in [2.05, 4.69) is 50.2 Å². The van der Waals surface area contributed by atoms with Crippen LogP contribution in [-0.2, 0) is 6.42 Å². The molecule has 1 nitrogen and oxygen atoms in total. The Morgan fingerprint density at radius 2 is 1.67 bits per heavy atom. The lowest BCUT2D eigenvalue weighted by molar-refractivity contribution is 0.180. The SMILES string of the molecule is Cc1cccc(C)c1-c1cccc2c1CC[C@H]2O. The van der Waals surface area contributed by atoms with Crippen LogP contribution in [-0.4, -0.2) is 5.11 Å². The number of aliphatic hydroxyl groups excluding tert-OH is 1. The molecule has 1 heteroatoms. The molecule has 92 valence electrons. The second-order valence-electron chi connectivity index (χ2n) is 5.19. The standard InChI is InChI=1S/C17H18O/c1-11-5-3-6-12(2)17(11)15-8-4-7-14-13(15)9-10-16(14)18/h3-8,16,18H,9-10H2,1-2H3/t16-/m1/s1. The predicted octanol–water partition coefficient (Wildman–Crippen LogP) is 3.95. The van der Waals surface area contributed by atoms with Crippen LogP contribution in [0.25, 0.3) is 11.1 Å². The van der Waals surface area contributed by atoms with E-state index in [1.807, 2.05) is 0 Å². The van der Waals surface area contributed by atoms with Crippen molar-refractivity contribution < 1.29 is 5.11 Å². The van der Waals surface area contributed by atoms with Gasteiger partial charge >= 0.3 is 0 Å². The second kappa shape index (κ2) is 4.25. The van der Waals surface area contributed by atoms with Crippen molar-refractivity contribution in [3.8, 4) is 11.1 Å². The Hall–Kier alpha value is -1.60. The molecule has 0 aliphatic heterocycles. The number of benzene rings is 2. The summed E-state index contributed by atoms with van der Waals surface area (Å²) in [5.41, 5.74) is 7.72. The van der Waals surface area contributed by atoms with Crippen molar-refractivity contribution in [1.29, 1.82) is 0 Å². The maximum absolute atomic E-state index is 9.99. The monoisotopic (exact) mass is 238 g/mol. The van der Waals surface area contributed by atoms with Crippen LogP contribution < -0.4 is 0 Å². The molecule has 1 atom stereocenters. The van der Waals surface area contributed by atoms with Crippen molar-refractivity contribution in [1.82, 2.24) is 0 Å². The molecule has 0 radical (unpaired) electrons. The van der Waals surface area contributed by atoms with Crippen molar-refractivity contribution in [3.05, 3.63) is 58.7 Å². The Kier molecular flexibility index (Phi) is 2.71. The number of rotatable bonds is 1. The highest BCUT2D eigenvalue weighted by Crippen LogP contribution is 2.39. The van der Waals surface area contributed by atoms with Gasteiger partial charge < -0.3 is 5.11 Å². The van der Waals surface area contributed by atoms with Crippen LogP contribution in [0.15, 0.2) is 36.4 Å². The lowest BCUT2D eigenvalue weighted by Crippen LogP contribution is -1.94. The van der Waals surface area contributed by atoms with Gasteiger partial charge in [-0.3, -0.25) is 0 Å². The molecule has 2 aromatic carbocycles. The van der Waals surface area contributed by atoms with Crippen molar-refractivity contribution in [2.75, 3.05) is 0 Å². The van der Waals surface area contributed by atoms with Crippen molar-refractivity contribution in [3.63, 3.8) is 0 Å². The highest BCUT2D eigenvalue weighted by atomic mass is 16.3. The van der Waals surface area contributed by atoms with Crippen molar-refractivity contribution in [2.45, 2.75) is 32.8 Å². The molecule has 0 saturated heterocycles. The normalized spacial score (nSPS) is 17.8. The number of fused-ring (bicyclic) bond motifs is 1. The van der Waals surface area contributed by atoms with Gasteiger partial charge in [-0.25, -0.2) is 0 Å². The van der Waals surface area contributed by atoms with E-state index < -0.39 is 0 Å². The molecule has 1 aliphatic rings. The van der Waals surface area contributed by atoms with Gasteiger partial charge in [0, 0.05) is 0 Å². The molecule has 2 aromatic rings. The molecule has 0 spiro atoms. The summed E-state index contributed by atoms with van der Waals surface area (Å²) in [7, 11) is 0. The van der Waals surface area contributed by atoms with E-state index in [9.17, 15) is 5.11 Å². The first-order valence-electron chi connectivity index (χ1n) is 6.55. The average Bonchev–Trinajstić information content (AvgIpc) is 2.72. The Balaban J connectivity index is 2.25. The number of hydrogen-bond donors (Lipinski definition) is 1. The molecular weight excluding hydrogens is 220 g/mol. The quantitative estimate of drug-likeness (QED) is 0.797. The maximum Gasteiger partial charge on any atom is 0.0796 e. The topological polar surface area (TPSA) is 20.2 Å². The molecule has 3 rings (SSSR count). The van der Waals surface area contributed by atoms with E-state index in [0.29, 0.717) is 0 Å². The molecule has 0 unspecified atom stereocenters. The third-order valence-electron chi connectivity index (χ3n) is 3.99.